The molecule has 0 spiro atoms. The van der Waals surface area contributed by atoms with Crippen LogP contribution in [0.15, 0.2) is 5.16 Å². The number of esters is 1. The van der Waals surface area contributed by atoms with Crippen LogP contribution in [-0.4, -0.2) is 43.9 Å². The Hall–Kier alpha value is -2.09. The van der Waals surface area contributed by atoms with Crippen LogP contribution in [-0.2, 0) is 4.74 Å². The molecule has 1 N–H and O–H groups in total. The number of Topliss-reactive ketones (excluding diaryl/α,β-unsaturated/α-hetero) is 1. The molecule has 2 aromatic rings. The van der Waals surface area contributed by atoms with Crippen LogP contribution in [0.1, 0.15) is 83.0 Å². The molecule has 0 amide bonds. The van der Waals surface area contributed by atoms with Crippen molar-refractivity contribution < 1.29 is 14.3 Å². The van der Waals surface area contributed by atoms with E-state index in [4.69, 9.17) is 4.74 Å². The number of ketones is 1. The second kappa shape index (κ2) is 8.51. The standard InChI is InChI=1S/C20H28N4O3S/c1-11-16(19(26)27-5)12(2)21-17(11)18(25)13(3)28-20-23-22-14(4)24(20)15-9-7-6-8-10-15/h13,15,21H,6-10H2,1-5H3/t13-/m0/s1. The van der Waals surface area contributed by atoms with Crippen LogP contribution >= 0.6 is 11.8 Å². The summed E-state index contributed by atoms with van der Waals surface area (Å²) >= 11 is 1.43. The highest BCUT2D eigenvalue weighted by Crippen LogP contribution is 2.34. The maximum atomic E-state index is 13.1. The Morgan fingerprint density at radius 2 is 1.86 bits per heavy atom. The molecule has 3 rings (SSSR count). The molecule has 8 heteroatoms. The van der Waals surface area contributed by atoms with Crippen LogP contribution in [0, 0.1) is 20.8 Å². The molecule has 1 fully saturated rings. The first kappa shape index (κ1) is 20.6. The fourth-order valence-electron chi connectivity index (χ4n) is 4.01. The van der Waals surface area contributed by atoms with E-state index in [0.717, 1.165) is 23.8 Å². The summed E-state index contributed by atoms with van der Waals surface area (Å²) in [7, 11) is 1.34. The van der Waals surface area contributed by atoms with Crippen molar-refractivity contribution in [2.45, 2.75) is 76.2 Å². The van der Waals surface area contributed by atoms with Gasteiger partial charge in [-0.3, -0.25) is 4.79 Å². The van der Waals surface area contributed by atoms with E-state index in [2.05, 4.69) is 19.7 Å². The van der Waals surface area contributed by atoms with Crippen molar-refractivity contribution in [3.63, 3.8) is 0 Å². The lowest BCUT2D eigenvalue weighted by atomic mass is 9.95. The van der Waals surface area contributed by atoms with Crippen molar-refractivity contribution in [2.75, 3.05) is 7.11 Å². The minimum absolute atomic E-state index is 0.0587. The Labute approximate surface area is 169 Å². The van der Waals surface area contributed by atoms with Gasteiger partial charge in [0.25, 0.3) is 0 Å². The zero-order valence-electron chi connectivity index (χ0n) is 17.2. The van der Waals surface area contributed by atoms with E-state index in [0.29, 0.717) is 28.6 Å². The molecule has 1 saturated carbocycles. The SMILES string of the molecule is COC(=O)c1c(C)[nH]c(C(=O)[C@H](C)Sc2nnc(C)n2C2CCCCC2)c1C. The number of aryl methyl sites for hydroxylation is 2. The van der Waals surface area contributed by atoms with Gasteiger partial charge in [0.05, 0.1) is 23.6 Å². The van der Waals surface area contributed by atoms with Gasteiger partial charge < -0.3 is 14.3 Å². The average molecular weight is 405 g/mol. The summed E-state index contributed by atoms with van der Waals surface area (Å²) in [6.45, 7) is 7.39. The number of aromatic amines is 1. The van der Waals surface area contributed by atoms with E-state index in [-0.39, 0.29) is 11.0 Å². The molecule has 28 heavy (non-hydrogen) atoms. The summed E-state index contributed by atoms with van der Waals surface area (Å²) in [5.41, 5.74) is 2.17. The number of H-pyrrole nitrogens is 1. The van der Waals surface area contributed by atoms with E-state index in [1.54, 1.807) is 13.8 Å². The topological polar surface area (TPSA) is 89.9 Å². The fourth-order valence-corrected chi connectivity index (χ4v) is 5.03. The zero-order chi connectivity index (χ0) is 20.4. The van der Waals surface area contributed by atoms with Gasteiger partial charge in [0, 0.05) is 11.7 Å². The van der Waals surface area contributed by atoms with E-state index in [1.165, 1.54) is 38.1 Å². The summed E-state index contributed by atoms with van der Waals surface area (Å²) < 4.78 is 7.03. The predicted molar refractivity (Wildman–Crippen MR) is 108 cm³/mol. The lowest BCUT2D eigenvalue weighted by Gasteiger charge is -2.25. The van der Waals surface area contributed by atoms with Crippen molar-refractivity contribution in [1.29, 1.82) is 0 Å². The molecule has 1 aliphatic rings. The van der Waals surface area contributed by atoms with Crippen LogP contribution < -0.4 is 0 Å². The second-order valence-electron chi connectivity index (χ2n) is 7.43. The highest BCUT2D eigenvalue weighted by molar-refractivity contribution is 8.00. The zero-order valence-corrected chi connectivity index (χ0v) is 18.0. The molecule has 0 aliphatic heterocycles. The van der Waals surface area contributed by atoms with E-state index >= 15 is 0 Å². The number of aromatic nitrogens is 4. The number of nitrogens with one attached hydrogen (secondary N) is 1. The number of methoxy groups -OCH3 is 1. The predicted octanol–water partition coefficient (Wildman–Crippen LogP) is 4.19. The number of rotatable bonds is 6. The molecule has 7 nitrogen and oxygen atoms in total. The fraction of sp³-hybridized carbons (Fsp3) is 0.600. The summed E-state index contributed by atoms with van der Waals surface area (Å²) in [5, 5.41) is 9.03. The van der Waals surface area contributed by atoms with Gasteiger partial charge in [0.15, 0.2) is 10.9 Å². The molecule has 152 valence electrons. The molecule has 0 saturated heterocycles. The van der Waals surface area contributed by atoms with Gasteiger partial charge in [0.1, 0.15) is 5.82 Å². The second-order valence-corrected chi connectivity index (χ2v) is 8.74. The van der Waals surface area contributed by atoms with E-state index < -0.39 is 5.97 Å². The third-order valence-corrected chi connectivity index (χ3v) is 6.56. The monoisotopic (exact) mass is 404 g/mol. The summed E-state index contributed by atoms with van der Waals surface area (Å²) in [6.07, 6.45) is 5.98. The van der Waals surface area contributed by atoms with Gasteiger partial charge in [-0.05, 0) is 46.1 Å². The maximum absolute atomic E-state index is 13.1. The molecule has 0 radical (unpaired) electrons. The van der Waals surface area contributed by atoms with Gasteiger partial charge in [-0.25, -0.2) is 4.79 Å². The van der Waals surface area contributed by atoms with Crippen LogP contribution in [0.2, 0.25) is 0 Å². The maximum Gasteiger partial charge on any atom is 0.339 e. The lowest BCUT2D eigenvalue weighted by molar-refractivity contribution is 0.0599. The van der Waals surface area contributed by atoms with Gasteiger partial charge in [-0.2, -0.15) is 0 Å². The molecule has 0 aromatic carbocycles. The number of carbonyl (C=O) groups excluding carboxylic acids is 2. The van der Waals surface area contributed by atoms with E-state index in [1.807, 2.05) is 13.8 Å². The van der Waals surface area contributed by atoms with Gasteiger partial charge in [-0.15, -0.1) is 10.2 Å². The summed E-state index contributed by atoms with van der Waals surface area (Å²) in [5.74, 6) is 0.406. The molecule has 2 aromatic heterocycles. The number of thioether (sulfide) groups is 1. The van der Waals surface area contributed by atoms with Crippen molar-refractivity contribution in [1.82, 2.24) is 19.7 Å². The molecule has 1 atom stereocenters. The van der Waals surface area contributed by atoms with Gasteiger partial charge in [0.2, 0.25) is 0 Å². The minimum atomic E-state index is -0.432. The van der Waals surface area contributed by atoms with Crippen molar-refractivity contribution in [2.24, 2.45) is 0 Å². The smallest absolute Gasteiger partial charge is 0.339 e. The number of nitrogens with zero attached hydrogens (tertiary/aromatic N) is 3. The van der Waals surface area contributed by atoms with Crippen molar-refractivity contribution >= 4 is 23.5 Å². The molecular weight excluding hydrogens is 376 g/mol. The number of hydrogen-bond acceptors (Lipinski definition) is 6. The molecule has 0 unspecified atom stereocenters. The average Bonchev–Trinajstić information content (AvgIpc) is 3.20. The van der Waals surface area contributed by atoms with Crippen LogP contribution in [0.3, 0.4) is 0 Å². The van der Waals surface area contributed by atoms with Crippen molar-refractivity contribution in [3.05, 3.63) is 28.3 Å². The quantitative estimate of drug-likeness (QED) is 0.441. The van der Waals surface area contributed by atoms with Crippen LogP contribution in [0.4, 0.5) is 0 Å². The third-order valence-electron chi connectivity index (χ3n) is 5.50. The molecule has 0 bridgehead atoms. The Kier molecular flexibility index (Phi) is 6.27. The number of hydrogen-bond donors (Lipinski definition) is 1. The Morgan fingerprint density at radius 3 is 2.50 bits per heavy atom. The highest BCUT2D eigenvalue weighted by atomic mass is 32.2. The number of carbonyl (C=O) groups is 2. The first-order chi connectivity index (χ1) is 13.3. The van der Waals surface area contributed by atoms with Crippen LogP contribution in [0.5, 0.6) is 0 Å². The number of ether oxygens (including phenoxy) is 1. The molecule has 2 heterocycles. The normalized spacial score (nSPS) is 16.2. The highest BCUT2D eigenvalue weighted by Gasteiger charge is 2.28. The Balaban J connectivity index is 1.82. The third kappa shape index (κ3) is 3.87. The molecular formula is C20H28N4O3S. The first-order valence-electron chi connectivity index (χ1n) is 9.75. The molecule has 1 aliphatic carbocycles. The van der Waals surface area contributed by atoms with Gasteiger partial charge >= 0.3 is 5.97 Å². The van der Waals surface area contributed by atoms with Crippen molar-refractivity contribution in [3.8, 4) is 0 Å². The Morgan fingerprint density at radius 1 is 1.18 bits per heavy atom. The lowest BCUT2D eigenvalue weighted by Crippen LogP contribution is -2.19. The largest absolute Gasteiger partial charge is 0.465 e. The van der Waals surface area contributed by atoms with Gasteiger partial charge in [-0.1, -0.05) is 31.0 Å². The summed E-state index contributed by atoms with van der Waals surface area (Å²) in [6, 6.07) is 0.411. The summed E-state index contributed by atoms with van der Waals surface area (Å²) in [4.78, 5) is 28.1. The first-order valence-corrected chi connectivity index (χ1v) is 10.6. The van der Waals surface area contributed by atoms with Crippen LogP contribution in [0.25, 0.3) is 0 Å². The minimum Gasteiger partial charge on any atom is -0.465 e. The van der Waals surface area contributed by atoms with E-state index in [9.17, 15) is 9.59 Å². The Bertz CT molecular complexity index is 880.